The molecule has 0 fully saturated rings. The minimum Gasteiger partial charge on any atom is -0.426 e. The van der Waals surface area contributed by atoms with Crippen LogP contribution in [0.3, 0.4) is 0 Å². The van der Waals surface area contributed by atoms with Gasteiger partial charge < -0.3 is 14.4 Å². The van der Waals surface area contributed by atoms with Crippen molar-refractivity contribution in [3.05, 3.63) is 102 Å². The SMILES string of the molecule is Cc1ccc([SiH](O)c2ccc([Si])c([SiH](O)c3ccc(C)cc3)c2[SiH](O)c2ccc(C)cc2)cc1. The maximum absolute atomic E-state index is 11.8. The van der Waals surface area contributed by atoms with Crippen molar-refractivity contribution in [1.29, 1.82) is 0 Å². The van der Waals surface area contributed by atoms with Gasteiger partial charge in [-0.15, -0.1) is 0 Å². The average Bonchev–Trinajstić information content (AvgIpc) is 2.84. The summed E-state index contributed by atoms with van der Waals surface area (Å²) in [5, 5.41) is 5.77. The summed E-state index contributed by atoms with van der Waals surface area (Å²) in [5.74, 6) is 0. The molecule has 0 heterocycles. The zero-order chi connectivity index (χ0) is 24.4. The van der Waals surface area contributed by atoms with Gasteiger partial charge in [-0.1, -0.05) is 107 Å². The first kappa shape index (κ1) is 24.7. The highest BCUT2D eigenvalue weighted by Gasteiger charge is 2.31. The number of hydrogen-bond acceptors (Lipinski definition) is 3. The van der Waals surface area contributed by atoms with Crippen molar-refractivity contribution in [2.45, 2.75) is 20.8 Å². The molecule has 3 atom stereocenters. The van der Waals surface area contributed by atoms with E-state index in [-0.39, 0.29) is 0 Å². The van der Waals surface area contributed by atoms with Gasteiger partial charge in [0.25, 0.3) is 0 Å². The van der Waals surface area contributed by atoms with Gasteiger partial charge in [0.1, 0.15) is 0 Å². The van der Waals surface area contributed by atoms with Gasteiger partial charge in [-0.05, 0) is 51.9 Å². The fourth-order valence-corrected chi connectivity index (χ4v) is 12.2. The molecule has 0 aromatic heterocycles. The van der Waals surface area contributed by atoms with Crippen molar-refractivity contribution in [2.24, 2.45) is 0 Å². The van der Waals surface area contributed by atoms with Gasteiger partial charge >= 0.3 is 0 Å². The van der Waals surface area contributed by atoms with Crippen LogP contribution in [0.5, 0.6) is 0 Å². The van der Waals surface area contributed by atoms with E-state index in [1.165, 1.54) is 0 Å². The first-order valence-corrected chi connectivity index (χ1v) is 16.9. The molecule has 0 saturated heterocycles. The lowest BCUT2D eigenvalue weighted by Crippen LogP contribution is -2.69. The van der Waals surface area contributed by atoms with Crippen molar-refractivity contribution in [3.8, 4) is 0 Å². The van der Waals surface area contributed by atoms with Crippen LogP contribution < -0.4 is 36.3 Å². The van der Waals surface area contributed by atoms with E-state index in [1.54, 1.807) is 0 Å². The number of rotatable bonds is 6. The van der Waals surface area contributed by atoms with Crippen LogP contribution in [-0.2, 0) is 0 Å². The van der Waals surface area contributed by atoms with Gasteiger partial charge in [0.05, 0.1) is 10.2 Å². The highest BCUT2D eigenvalue weighted by Crippen LogP contribution is 1.99. The fourth-order valence-electron chi connectivity index (χ4n) is 4.25. The van der Waals surface area contributed by atoms with Crippen LogP contribution in [0, 0.1) is 20.8 Å². The third kappa shape index (κ3) is 5.16. The van der Waals surface area contributed by atoms with E-state index in [9.17, 15) is 14.4 Å². The molecule has 0 spiro atoms. The summed E-state index contributed by atoms with van der Waals surface area (Å²) < 4.78 is 0. The zero-order valence-electron chi connectivity index (χ0n) is 19.7. The first-order chi connectivity index (χ1) is 16.3. The van der Waals surface area contributed by atoms with E-state index in [0.717, 1.165) is 53.0 Å². The van der Waals surface area contributed by atoms with Crippen LogP contribution in [0.15, 0.2) is 84.9 Å². The molecule has 4 aromatic carbocycles. The van der Waals surface area contributed by atoms with Gasteiger partial charge in [-0.3, -0.25) is 0 Å². The molecular weight excluding hydrogens is 485 g/mol. The second kappa shape index (κ2) is 10.5. The van der Waals surface area contributed by atoms with E-state index >= 15 is 0 Å². The fraction of sp³-hybridized carbons (Fsp3) is 0.111. The molecule has 3 N–H and O–H groups in total. The molecule has 0 aliphatic heterocycles. The van der Waals surface area contributed by atoms with E-state index in [2.05, 4.69) is 10.2 Å². The minimum atomic E-state index is -2.71. The Kier molecular flexibility index (Phi) is 7.63. The average molecular weight is 514 g/mol. The third-order valence-electron chi connectivity index (χ3n) is 6.34. The Bertz CT molecular complexity index is 1270. The van der Waals surface area contributed by atoms with Gasteiger partial charge in [-0.2, -0.15) is 0 Å². The summed E-state index contributed by atoms with van der Waals surface area (Å²) in [6.07, 6.45) is 0. The predicted octanol–water partition coefficient (Wildman–Crippen LogP) is -2.10. The van der Waals surface area contributed by atoms with E-state index in [4.69, 9.17) is 0 Å². The Hall–Kier alpha value is -2.37. The molecule has 0 amide bonds. The van der Waals surface area contributed by atoms with E-state index in [1.807, 2.05) is 106 Å². The summed E-state index contributed by atoms with van der Waals surface area (Å²) in [5.41, 5.74) is 3.40. The molecule has 0 saturated carbocycles. The molecule has 0 bridgehead atoms. The van der Waals surface area contributed by atoms with Crippen LogP contribution in [0.4, 0.5) is 0 Å². The van der Waals surface area contributed by atoms with Gasteiger partial charge in [0.15, 0.2) is 0 Å². The molecule has 4 aromatic rings. The molecule has 171 valence electrons. The monoisotopic (exact) mass is 513 g/mol. The van der Waals surface area contributed by atoms with E-state index in [0.29, 0.717) is 0 Å². The van der Waals surface area contributed by atoms with Crippen molar-refractivity contribution in [1.82, 2.24) is 0 Å². The lowest BCUT2D eigenvalue weighted by Gasteiger charge is -2.25. The van der Waals surface area contributed by atoms with Crippen LogP contribution in [-0.4, -0.2) is 51.8 Å². The molecule has 7 heteroatoms. The number of aryl methyl sites for hydroxylation is 3. The number of hydrogen-bond donors (Lipinski definition) is 3. The van der Waals surface area contributed by atoms with Crippen molar-refractivity contribution < 1.29 is 14.4 Å². The summed E-state index contributed by atoms with van der Waals surface area (Å²) in [6.45, 7) is 6.07. The summed E-state index contributed by atoms with van der Waals surface area (Å²) in [7, 11) is -4.20. The molecule has 0 aliphatic rings. The minimum absolute atomic E-state index is 0.760. The molecule has 4 rings (SSSR count). The molecule has 0 aliphatic carbocycles. The topological polar surface area (TPSA) is 60.7 Å². The van der Waals surface area contributed by atoms with Crippen LogP contribution in [0.2, 0.25) is 0 Å². The van der Waals surface area contributed by atoms with Gasteiger partial charge in [-0.25, -0.2) is 0 Å². The Morgan fingerprint density at radius 2 is 0.824 bits per heavy atom. The van der Waals surface area contributed by atoms with Gasteiger partial charge in [0, 0.05) is 0 Å². The van der Waals surface area contributed by atoms with Crippen LogP contribution in [0.1, 0.15) is 16.7 Å². The van der Waals surface area contributed by atoms with Crippen molar-refractivity contribution in [3.63, 3.8) is 0 Å². The Morgan fingerprint density at radius 3 is 1.24 bits per heavy atom. The number of benzene rings is 4. The Balaban J connectivity index is 1.92. The Labute approximate surface area is 210 Å². The standard InChI is InChI=1S/C27H29O3Si4/c1-18-4-10-21(11-5-18)32(28)25-17-16-24(31)26(33(29)22-12-6-19(2)7-13-22)27(25)34(30)23-14-8-20(3)9-15-23/h4-17,28-30,32-34H,1-3H3. The predicted molar refractivity (Wildman–Crippen MR) is 151 cm³/mol. The van der Waals surface area contributed by atoms with Crippen LogP contribution in [0.25, 0.3) is 0 Å². The third-order valence-corrected chi connectivity index (χ3v) is 14.2. The maximum Gasteiger partial charge on any atom is 0.235 e. The quantitative estimate of drug-likeness (QED) is 0.259. The second-order valence-corrected chi connectivity index (χ2v) is 15.7. The lowest BCUT2D eigenvalue weighted by atomic mass is 10.2. The smallest absolute Gasteiger partial charge is 0.235 e. The summed E-state index contributed by atoms with van der Waals surface area (Å²) in [4.78, 5) is 35.0. The molecule has 3 nitrogen and oxygen atoms in total. The first-order valence-electron chi connectivity index (χ1n) is 11.4. The second-order valence-electron chi connectivity index (χ2n) is 8.97. The Morgan fingerprint density at radius 1 is 0.471 bits per heavy atom. The summed E-state index contributed by atoms with van der Waals surface area (Å²) >= 11 is 0. The summed E-state index contributed by atoms with van der Waals surface area (Å²) in [6, 6.07) is 27.7. The molecule has 34 heavy (non-hydrogen) atoms. The molecule has 3 unspecified atom stereocenters. The largest absolute Gasteiger partial charge is 0.426 e. The van der Waals surface area contributed by atoms with Crippen molar-refractivity contribution in [2.75, 3.05) is 0 Å². The highest BCUT2D eigenvalue weighted by atomic mass is 28.3. The highest BCUT2D eigenvalue weighted by molar-refractivity contribution is 6.96. The zero-order valence-corrected chi connectivity index (χ0v) is 24.1. The van der Waals surface area contributed by atoms with E-state index < -0.39 is 27.1 Å². The maximum atomic E-state index is 11.8. The lowest BCUT2D eigenvalue weighted by molar-refractivity contribution is 0.594. The van der Waals surface area contributed by atoms with Crippen LogP contribution >= 0.6 is 0 Å². The molecular formula is C27H29O3Si4. The normalized spacial score (nSPS) is 14.0. The van der Waals surface area contributed by atoms with Gasteiger partial charge in [0.2, 0.25) is 27.1 Å². The molecule has 3 radical (unpaired) electrons. The van der Waals surface area contributed by atoms with Crippen molar-refractivity contribution >= 4 is 73.7 Å².